The molecule has 3 rings (SSSR count). The van der Waals surface area contributed by atoms with E-state index in [0.717, 1.165) is 0 Å². The van der Waals surface area contributed by atoms with Crippen LogP contribution in [0.25, 0.3) is 5.76 Å². The minimum absolute atomic E-state index is 0.00360. The maximum Gasteiger partial charge on any atom is 0.295 e. The van der Waals surface area contributed by atoms with Crippen LogP contribution in [0.15, 0.2) is 48.0 Å². The first-order valence-corrected chi connectivity index (χ1v) is 10.2. The number of rotatable bonds is 9. The van der Waals surface area contributed by atoms with E-state index < -0.39 is 17.7 Å². The highest BCUT2D eigenvalue weighted by molar-refractivity contribution is 6.46. The molecule has 1 amide bonds. The Morgan fingerprint density at radius 2 is 1.72 bits per heavy atom. The lowest BCUT2D eigenvalue weighted by molar-refractivity contribution is -0.140. The number of hydrogen-bond acceptors (Lipinski definition) is 7. The van der Waals surface area contributed by atoms with Gasteiger partial charge in [-0.2, -0.15) is 0 Å². The van der Waals surface area contributed by atoms with Gasteiger partial charge in [-0.05, 0) is 48.9 Å². The lowest BCUT2D eigenvalue weighted by Crippen LogP contribution is -2.32. The first-order chi connectivity index (χ1) is 15.5. The molecule has 0 bridgehead atoms. The van der Waals surface area contributed by atoms with Gasteiger partial charge in [0, 0.05) is 19.2 Å². The number of benzene rings is 2. The molecule has 8 heteroatoms. The zero-order chi connectivity index (χ0) is 23.3. The number of hydrogen-bond donors (Lipinski definition) is 1. The number of likely N-dealkylation sites (tertiary alicyclic amines) is 1. The maximum atomic E-state index is 13.0. The van der Waals surface area contributed by atoms with Crippen LogP contribution in [0.2, 0.25) is 0 Å². The Morgan fingerprint density at radius 1 is 1.00 bits per heavy atom. The molecule has 0 aliphatic carbocycles. The Kier molecular flexibility index (Phi) is 7.37. The number of aliphatic hydroxyl groups excluding tert-OH is 1. The molecule has 1 N–H and O–H groups in total. The number of methoxy groups -OCH3 is 3. The monoisotopic (exact) mass is 441 g/mol. The second-order valence-electron chi connectivity index (χ2n) is 7.06. The van der Waals surface area contributed by atoms with Gasteiger partial charge >= 0.3 is 0 Å². The molecule has 0 aromatic heterocycles. The highest BCUT2D eigenvalue weighted by Gasteiger charge is 2.46. The lowest BCUT2D eigenvalue weighted by atomic mass is 9.95. The third-order valence-electron chi connectivity index (χ3n) is 5.24. The Morgan fingerprint density at radius 3 is 2.31 bits per heavy atom. The SMILES string of the molecule is CCOc1cc(C2/C(=C(/O)c3ccc(OC)cc3)C(=O)C(=O)N2CCOC)ccc1OC. The molecule has 1 aliphatic heterocycles. The second kappa shape index (κ2) is 10.2. The van der Waals surface area contributed by atoms with Gasteiger partial charge in [-0.15, -0.1) is 0 Å². The normalized spacial score (nSPS) is 17.5. The number of ketones is 1. The van der Waals surface area contributed by atoms with Crippen molar-refractivity contribution in [2.24, 2.45) is 0 Å². The molecule has 2 aromatic rings. The summed E-state index contributed by atoms with van der Waals surface area (Å²) in [5.74, 6) is -0.0992. The summed E-state index contributed by atoms with van der Waals surface area (Å²) >= 11 is 0. The van der Waals surface area contributed by atoms with Crippen LogP contribution < -0.4 is 14.2 Å². The zero-order valence-corrected chi connectivity index (χ0v) is 18.6. The van der Waals surface area contributed by atoms with Crippen molar-refractivity contribution in [3.05, 3.63) is 59.2 Å². The van der Waals surface area contributed by atoms with Crippen molar-refractivity contribution in [3.63, 3.8) is 0 Å². The number of carbonyl (C=O) groups excluding carboxylic acids is 2. The molecule has 1 aliphatic rings. The largest absolute Gasteiger partial charge is 0.507 e. The number of Topliss-reactive ketones (excluding diaryl/α,β-unsaturated/α-hetero) is 1. The molecule has 170 valence electrons. The van der Waals surface area contributed by atoms with Crippen molar-refractivity contribution in [1.82, 2.24) is 4.90 Å². The lowest BCUT2D eigenvalue weighted by Gasteiger charge is -2.25. The summed E-state index contributed by atoms with van der Waals surface area (Å²) in [6.45, 7) is 2.68. The molecule has 1 heterocycles. The molecule has 0 radical (unpaired) electrons. The Bertz CT molecular complexity index is 1010. The minimum atomic E-state index is -0.808. The smallest absolute Gasteiger partial charge is 0.295 e. The molecule has 1 fully saturated rings. The first kappa shape index (κ1) is 23.1. The van der Waals surface area contributed by atoms with E-state index in [4.69, 9.17) is 18.9 Å². The molecule has 2 aromatic carbocycles. The van der Waals surface area contributed by atoms with E-state index in [9.17, 15) is 14.7 Å². The van der Waals surface area contributed by atoms with Gasteiger partial charge < -0.3 is 29.0 Å². The molecule has 1 saturated heterocycles. The fourth-order valence-electron chi connectivity index (χ4n) is 3.68. The molecule has 32 heavy (non-hydrogen) atoms. The fraction of sp³-hybridized carbons (Fsp3) is 0.333. The van der Waals surface area contributed by atoms with Crippen LogP contribution in [-0.2, 0) is 14.3 Å². The standard InChI is InChI=1S/C24H27NO7/c1-5-32-19-14-16(8-11-18(19)31-4)21-20(23(27)24(28)25(21)12-13-29-2)22(26)15-6-9-17(30-3)10-7-15/h6-11,14,21,26H,5,12-13H2,1-4H3/b22-20-. The van der Waals surface area contributed by atoms with E-state index in [2.05, 4.69) is 0 Å². The van der Waals surface area contributed by atoms with E-state index in [1.165, 1.54) is 26.2 Å². The molecule has 1 unspecified atom stereocenters. The van der Waals surface area contributed by atoms with Crippen molar-refractivity contribution < 1.29 is 33.6 Å². The van der Waals surface area contributed by atoms with Crippen LogP contribution >= 0.6 is 0 Å². The molecule has 0 saturated carbocycles. The van der Waals surface area contributed by atoms with Gasteiger partial charge in [0.2, 0.25) is 0 Å². The summed E-state index contributed by atoms with van der Waals surface area (Å²) in [7, 11) is 4.59. The zero-order valence-electron chi connectivity index (χ0n) is 18.6. The van der Waals surface area contributed by atoms with Crippen LogP contribution in [0.4, 0.5) is 0 Å². The number of carbonyl (C=O) groups is 2. The van der Waals surface area contributed by atoms with Crippen molar-refractivity contribution in [2.45, 2.75) is 13.0 Å². The minimum Gasteiger partial charge on any atom is -0.507 e. The number of nitrogens with zero attached hydrogens (tertiary/aromatic N) is 1. The van der Waals surface area contributed by atoms with Crippen molar-refractivity contribution in [1.29, 1.82) is 0 Å². The quantitative estimate of drug-likeness (QED) is 0.363. The summed E-state index contributed by atoms with van der Waals surface area (Å²) in [4.78, 5) is 27.3. The van der Waals surface area contributed by atoms with Gasteiger partial charge in [-0.1, -0.05) is 6.07 Å². The van der Waals surface area contributed by atoms with Crippen molar-refractivity contribution >= 4 is 17.4 Å². The van der Waals surface area contributed by atoms with Crippen LogP contribution in [0.3, 0.4) is 0 Å². The highest BCUT2D eigenvalue weighted by Crippen LogP contribution is 2.42. The third kappa shape index (κ3) is 4.40. The van der Waals surface area contributed by atoms with E-state index >= 15 is 0 Å². The topological polar surface area (TPSA) is 94.5 Å². The predicted octanol–water partition coefficient (Wildman–Crippen LogP) is 3.17. The van der Waals surface area contributed by atoms with Crippen LogP contribution in [0.5, 0.6) is 17.2 Å². The van der Waals surface area contributed by atoms with Gasteiger partial charge in [0.05, 0.1) is 39.0 Å². The Hall–Kier alpha value is -3.52. The maximum absolute atomic E-state index is 13.0. The summed E-state index contributed by atoms with van der Waals surface area (Å²) in [5.41, 5.74) is 1.02. The Balaban J connectivity index is 2.16. The first-order valence-electron chi connectivity index (χ1n) is 10.2. The molecule has 0 spiro atoms. The van der Waals surface area contributed by atoms with E-state index in [0.29, 0.717) is 35.0 Å². The van der Waals surface area contributed by atoms with E-state index in [1.54, 1.807) is 42.5 Å². The van der Waals surface area contributed by atoms with Gasteiger partial charge in [-0.3, -0.25) is 9.59 Å². The number of aliphatic hydroxyl groups is 1. The van der Waals surface area contributed by atoms with Crippen LogP contribution in [-0.4, -0.2) is 62.8 Å². The predicted molar refractivity (Wildman–Crippen MR) is 118 cm³/mol. The van der Waals surface area contributed by atoms with E-state index in [-0.39, 0.29) is 24.5 Å². The Labute approximate surface area is 187 Å². The van der Waals surface area contributed by atoms with Gasteiger partial charge in [-0.25, -0.2) is 0 Å². The fourth-order valence-corrected chi connectivity index (χ4v) is 3.68. The van der Waals surface area contributed by atoms with Gasteiger partial charge in [0.15, 0.2) is 11.5 Å². The van der Waals surface area contributed by atoms with Crippen LogP contribution in [0.1, 0.15) is 24.1 Å². The summed E-state index contributed by atoms with van der Waals surface area (Å²) in [5, 5.41) is 11.1. The average molecular weight is 441 g/mol. The number of amides is 1. The molecule has 8 nitrogen and oxygen atoms in total. The highest BCUT2D eigenvalue weighted by atomic mass is 16.5. The number of ether oxygens (including phenoxy) is 4. The third-order valence-corrected chi connectivity index (χ3v) is 5.24. The van der Waals surface area contributed by atoms with Crippen LogP contribution in [0, 0.1) is 0 Å². The van der Waals surface area contributed by atoms with Gasteiger partial charge in [0.25, 0.3) is 11.7 Å². The summed E-state index contributed by atoms with van der Waals surface area (Å²) < 4.78 is 21.3. The molecular weight excluding hydrogens is 414 g/mol. The second-order valence-corrected chi connectivity index (χ2v) is 7.06. The summed E-state index contributed by atoms with van der Waals surface area (Å²) in [6, 6.07) is 11.0. The van der Waals surface area contributed by atoms with Crippen molar-refractivity contribution in [3.8, 4) is 17.2 Å². The molecular formula is C24H27NO7. The van der Waals surface area contributed by atoms with E-state index in [1.807, 2.05) is 6.92 Å². The van der Waals surface area contributed by atoms with Gasteiger partial charge in [0.1, 0.15) is 11.5 Å². The average Bonchev–Trinajstić information content (AvgIpc) is 3.07. The van der Waals surface area contributed by atoms with Crippen molar-refractivity contribution in [2.75, 3.05) is 41.1 Å². The molecule has 1 atom stereocenters. The summed E-state index contributed by atoms with van der Waals surface area (Å²) in [6.07, 6.45) is 0.